The van der Waals surface area contributed by atoms with Crippen LogP contribution < -0.4 is 15.0 Å². The summed E-state index contributed by atoms with van der Waals surface area (Å²) in [5.41, 5.74) is 35.6. The van der Waals surface area contributed by atoms with Crippen LogP contribution in [0.5, 0.6) is 17.2 Å². The van der Waals surface area contributed by atoms with E-state index in [1.54, 1.807) is 37.2 Å². The molecule has 746 valence electrons. The van der Waals surface area contributed by atoms with Crippen LogP contribution >= 0.6 is 79.6 Å². The van der Waals surface area contributed by atoms with E-state index in [0.29, 0.717) is 69.0 Å². The summed E-state index contributed by atoms with van der Waals surface area (Å²) >= 11 is 16.0. The summed E-state index contributed by atoms with van der Waals surface area (Å²) in [6.07, 6.45) is 29.4. The molecule has 3 aromatic heterocycles. The van der Waals surface area contributed by atoms with Crippen LogP contribution in [0.3, 0.4) is 0 Å². The predicted octanol–water partition coefficient (Wildman–Crippen LogP) is 37.8. The monoisotopic (exact) mass is 2710 g/mol. The van der Waals surface area contributed by atoms with Crippen molar-refractivity contribution >= 4 is 110 Å². The topological polar surface area (TPSA) is 140 Å². The molecule has 140 heavy (non-hydrogen) atoms. The van der Waals surface area contributed by atoms with Crippen molar-refractivity contribution in [3.05, 3.63) is 337 Å². The minimum atomic E-state index is -0.757. The molecule has 0 spiro atoms. The molecule has 3 heterocycles. The molecule has 0 unspecified atom stereocenters. The molecular formula is C123H150Br5N6O3W3-3. The second-order valence-corrected chi connectivity index (χ2v) is 52.8. The Hall–Kier alpha value is -7.09. The van der Waals surface area contributed by atoms with Crippen LogP contribution in [0.15, 0.2) is 258 Å². The molecule has 0 aliphatic heterocycles. The average molecular weight is 2710 g/mol. The van der Waals surface area contributed by atoms with Gasteiger partial charge in [0, 0.05) is 35.7 Å². The van der Waals surface area contributed by atoms with E-state index in [1.807, 2.05) is 109 Å². The summed E-state index contributed by atoms with van der Waals surface area (Å²) in [7, 11) is 0. The van der Waals surface area contributed by atoms with Gasteiger partial charge in [-0.2, -0.15) is 37.2 Å². The number of aryl methyl sites for hydroxylation is 4. The summed E-state index contributed by atoms with van der Waals surface area (Å²) in [5.74, 6) is 4.44. The second kappa shape index (κ2) is 57.1. The van der Waals surface area contributed by atoms with E-state index >= 15 is 0 Å². The number of aromatic hydroxyl groups is 3. The number of rotatable bonds is 13. The third-order valence-corrected chi connectivity index (χ3v) is 39.8. The molecule has 4 aliphatic carbocycles. The molecule has 0 fully saturated rings. The molecule has 3 N–H and O–H groups in total. The van der Waals surface area contributed by atoms with Crippen molar-refractivity contribution in [1.29, 1.82) is 0 Å². The number of halogens is 5. The zero-order valence-corrected chi connectivity index (χ0v) is 104. The number of phenolic OH excluding ortho intramolecular Hbond substituents is 3. The quantitative estimate of drug-likeness (QED) is 0.105. The van der Waals surface area contributed by atoms with Crippen LogP contribution in [-0.2, 0) is 105 Å². The molecule has 4 aliphatic rings. The molecule has 0 saturated heterocycles. The molecule has 13 aromatic rings. The Bertz CT molecular complexity index is 5580. The first-order valence-corrected chi connectivity index (χ1v) is 62.9. The van der Waals surface area contributed by atoms with Crippen LogP contribution in [0.1, 0.15) is 321 Å². The number of hydrogen-bond acceptors (Lipinski definition) is 6. The summed E-state index contributed by atoms with van der Waals surface area (Å²) in [6, 6.07) is 63.9. The van der Waals surface area contributed by atoms with Gasteiger partial charge in [-0.05, 0) is 263 Å². The number of aromatic nitrogens is 3. The molecule has 0 radical (unpaired) electrons. The summed E-state index contributed by atoms with van der Waals surface area (Å²) in [4.78, 5) is 11.2. The van der Waals surface area contributed by atoms with Crippen molar-refractivity contribution in [3.63, 3.8) is 0 Å². The van der Waals surface area contributed by atoms with Crippen molar-refractivity contribution in [2.24, 2.45) is 26.7 Å². The van der Waals surface area contributed by atoms with Crippen LogP contribution in [-0.4, -0.2) is 28.5 Å². The van der Waals surface area contributed by atoms with E-state index in [-0.39, 0.29) is 0 Å². The van der Waals surface area contributed by atoms with Crippen molar-refractivity contribution in [1.82, 2.24) is 15.0 Å². The van der Waals surface area contributed by atoms with Gasteiger partial charge in [0.25, 0.3) is 0 Å². The van der Waals surface area contributed by atoms with E-state index in [2.05, 4.69) is 346 Å². The summed E-state index contributed by atoms with van der Waals surface area (Å²) in [5, 5.41) is 32.5. The van der Waals surface area contributed by atoms with Crippen molar-refractivity contribution in [3.8, 4) is 61.8 Å². The summed E-state index contributed by atoms with van der Waals surface area (Å²) < 4.78 is 27.5. The third kappa shape index (κ3) is 35.1. The Balaban J connectivity index is 0.000000182. The molecule has 0 amide bonds. The molecule has 10 aromatic carbocycles. The predicted molar refractivity (Wildman–Crippen MR) is 607 cm³/mol. The van der Waals surface area contributed by atoms with Gasteiger partial charge in [0.05, 0.1) is 8.95 Å². The van der Waals surface area contributed by atoms with E-state index in [4.69, 9.17) is 10.5 Å². The first kappa shape index (κ1) is 116. The third-order valence-electron chi connectivity index (χ3n) is 24.6. The number of hydrogen-bond donors (Lipinski definition) is 3. The fourth-order valence-corrected chi connectivity index (χ4v) is 27.2. The van der Waals surface area contributed by atoms with E-state index in [1.165, 1.54) is 178 Å². The van der Waals surface area contributed by atoms with Crippen molar-refractivity contribution in [2.45, 2.75) is 297 Å². The number of nitrogens with zero attached hydrogens (tertiary/aromatic N) is 6. The zero-order chi connectivity index (χ0) is 102. The number of phenols is 3. The first-order chi connectivity index (χ1) is 66.6. The Morgan fingerprint density at radius 2 is 0.514 bits per heavy atom. The van der Waals surface area contributed by atoms with Crippen LogP contribution in [0, 0.1) is 30.1 Å². The zero-order valence-electron chi connectivity index (χ0n) is 87.0. The molecule has 0 bridgehead atoms. The van der Waals surface area contributed by atoms with Gasteiger partial charge in [0.2, 0.25) is 0 Å². The molecule has 9 nitrogen and oxygen atoms in total. The largest absolute Gasteiger partial charge is 0.670 e. The van der Waals surface area contributed by atoms with Gasteiger partial charge in [-0.25, -0.2) is 0 Å². The fourth-order valence-electron chi connectivity index (χ4n) is 17.5. The Labute approximate surface area is 907 Å². The molecular weight excluding hydrogens is 2560 g/mol. The smallest absolute Gasteiger partial charge is 0.137 e. The molecule has 17 heteroatoms. The van der Waals surface area contributed by atoms with Crippen molar-refractivity contribution in [2.75, 3.05) is 0 Å². The van der Waals surface area contributed by atoms with Gasteiger partial charge < -0.3 is 30.3 Å². The van der Waals surface area contributed by atoms with Gasteiger partial charge in [-0.3, -0.25) is 0 Å². The average Bonchev–Trinajstić information content (AvgIpc) is 0.849. The Morgan fingerprint density at radius 3 is 0.736 bits per heavy atom. The van der Waals surface area contributed by atoms with Crippen molar-refractivity contribution < 1.29 is 69.1 Å². The van der Waals surface area contributed by atoms with Gasteiger partial charge >= 0.3 is 380 Å². The SMILES string of the molecule is CC(C)c1cccc(C(C)C)c1[N]=[W]=[CH]C(C)(C)C.CC(C)c1cccc(C(C)C)c1[N]=[W]=[CH]C(C)(C)C.CC(C)c1cccc(C(C)C)c1[N]=[W]=[CH]C(C)(C)C.Cc1c(Br)cc2c(c1-c1c(O)c(Br)cc3c1CCCC3)CCCC2.Cc1c(Br)cc2c(c1-c1c(O)c(Br)cc3c1CCCC3)CCCC2.Oc1c(-c2ccccc2)cc(Br)cc1-c1ccccc1.c1cc[n-]c1.c1cc[n-]c1.c1cc[n-]c1. The second-order valence-electron chi connectivity index (χ2n) is 41.7. The first-order valence-electron chi connectivity index (χ1n) is 50.0. The maximum absolute atomic E-state index is 11.0. The Kier molecular flexibility index (Phi) is 47.5. The maximum Gasteiger partial charge on any atom is 0.137 e. The standard InChI is InChI=1S/2C21H22Br2O.C18H13BrO.3C12H17N.3C5H10.3C4H4N.3W/c2*1-12-17(22)10-13-6-2-4-8-15(13)19(12)20-16-9-5-3-7-14(16)11-18(23)21(20)24;19-15-11-16(13-7-3-1-4-8-13)18(20)17(12-15)14-9-5-2-6-10-14;3*1-8(2)10-6-5-7-11(9(3)4)12(10)13;3*1-5(2,3)4;3*1-2-4-5-3-1;;;/h2*10-11,24H,2-9H2,1H3;1-12,20H;3*5-9H,1-4H3;3*1H,2-4H3;3*1-4H;;;/q;;;;;;;;;3*-1;;;. The van der Waals surface area contributed by atoms with E-state index in [0.717, 1.165) is 98.2 Å². The minimum Gasteiger partial charge on any atom is -0.670 e. The fraction of sp³-hybridized carbons (Fsp3) is 0.390. The normalized spacial score (nSPS) is 12.9. The van der Waals surface area contributed by atoms with Crippen LogP contribution in [0.4, 0.5) is 17.1 Å². The Morgan fingerprint density at radius 1 is 0.286 bits per heavy atom. The molecule has 17 rings (SSSR count). The van der Waals surface area contributed by atoms with Gasteiger partial charge in [-0.15, -0.1) is 0 Å². The van der Waals surface area contributed by atoms with E-state index in [9.17, 15) is 15.3 Å². The number of benzene rings is 10. The minimum absolute atomic E-state index is 0.304. The number of fused-ring (bicyclic) bond motifs is 4. The van der Waals surface area contributed by atoms with Crippen LogP contribution in [0.25, 0.3) is 44.5 Å². The van der Waals surface area contributed by atoms with Crippen LogP contribution in [0.2, 0.25) is 0 Å². The molecule has 0 saturated carbocycles. The van der Waals surface area contributed by atoms with Gasteiger partial charge in [-0.1, -0.05) is 145 Å². The maximum atomic E-state index is 11.0. The molecule has 0 atom stereocenters. The van der Waals surface area contributed by atoms with E-state index < -0.39 is 53.8 Å². The van der Waals surface area contributed by atoms with Gasteiger partial charge in [0.1, 0.15) is 17.2 Å². The van der Waals surface area contributed by atoms with Gasteiger partial charge in [0.15, 0.2) is 0 Å². The summed E-state index contributed by atoms with van der Waals surface area (Å²) in [6.45, 7) is 51.9.